The van der Waals surface area contributed by atoms with Gasteiger partial charge in [-0.25, -0.2) is 9.78 Å². The predicted octanol–water partition coefficient (Wildman–Crippen LogP) is 1.81. The monoisotopic (exact) mass is 256 g/mol. The first-order valence-electron chi connectivity index (χ1n) is 5.36. The van der Waals surface area contributed by atoms with E-state index < -0.39 is 5.97 Å². The highest BCUT2D eigenvalue weighted by Crippen LogP contribution is 2.17. The molecule has 1 heterocycles. The Morgan fingerprint density at radius 3 is 2.59 bits per heavy atom. The molecule has 0 radical (unpaired) electrons. The molecular weight excluding hydrogens is 240 g/mol. The topological polar surface area (TPSA) is 79.3 Å². The molecule has 0 saturated heterocycles. The Morgan fingerprint density at radius 2 is 2.12 bits per heavy atom. The minimum Gasteiger partial charge on any atom is -0.477 e. The minimum absolute atomic E-state index is 0.0373. The lowest BCUT2D eigenvalue weighted by molar-refractivity contribution is -0.121. The largest absolute Gasteiger partial charge is 0.477 e. The number of carboxylic acids is 1. The summed E-state index contributed by atoms with van der Waals surface area (Å²) in [6, 6.07) is 0. The SMILES string of the molecule is Cc1nc(CNC(=O)CC(C)C)sc1C(=O)O. The van der Waals surface area contributed by atoms with Gasteiger partial charge >= 0.3 is 5.97 Å². The van der Waals surface area contributed by atoms with Crippen molar-refractivity contribution in [3.8, 4) is 0 Å². The zero-order chi connectivity index (χ0) is 13.0. The summed E-state index contributed by atoms with van der Waals surface area (Å²) in [5, 5.41) is 12.2. The summed E-state index contributed by atoms with van der Waals surface area (Å²) < 4.78 is 0. The molecule has 0 unspecified atom stereocenters. The Balaban J connectivity index is 2.55. The van der Waals surface area contributed by atoms with Gasteiger partial charge in [0.1, 0.15) is 9.88 Å². The van der Waals surface area contributed by atoms with Crippen molar-refractivity contribution in [2.75, 3.05) is 0 Å². The standard InChI is InChI=1S/C11H16N2O3S/c1-6(2)4-8(14)12-5-9-13-7(3)10(17-9)11(15)16/h6H,4-5H2,1-3H3,(H,12,14)(H,15,16). The normalized spacial score (nSPS) is 10.6. The molecule has 0 fully saturated rings. The van der Waals surface area contributed by atoms with Gasteiger partial charge in [-0.2, -0.15) is 0 Å². The van der Waals surface area contributed by atoms with Crippen LogP contribution >= 0.6 is 11.3 Å². The van der Waals surface area contributed by atoms with Crippen molar-refractivity contribution < 1.29 is 14.7 Å². The summed E-state index contributed by atoms with van der Waals surface area (Å²) in [6.45, 7) is 5.88. The fraction of sp³-hybridized carbons (Fsp3) is 0.545. The molecule has 0 aliphatic rings. The second-order valence-electron chi connectivity index (χ2n) is 4.20. The summed E-state index contributed by atoms with van der Waals surface area (Å²) in [5.74, 6) is -0.702. The zero-order valence-corrected chi connectivity index (χ0v) is 10.9. The van der Waals surface area contributed by atoms with E-state index in [0.717, 1.165) is 11.3 Å². The third-order valence-electron chi connectivity index (χ3n) is 2.07. The summed E-state index contributed by atoms with van der Waals surface area (Å²) in [4.78, 5) is 26.5. The first-order valence-corrected chi connectivity index (χ1v) is 6.18. The Hall–Kier alpha value is -1.43. The highest BCUT2D eigenvalue weighted by atomic mass is 32.1. The van der Waals surface area contributed by atoms with E-state index in [-0.39, 0.29) is 10.8 Å². The van der Waals surface area contributed by atoms with Crippen LogP contribution in [0.15, 0.2) is 0 Å². The smallest absolute Gasteiger partial charge is 0.347 e. The molecule has 2 N–H and O–H groups in total. The van der Waals surface area contributed by atoms with Gasteiger partial charge in [0.05, 0.1) is 12.2 Å². The highest BCUT2D eigenvalue weighted by Gasteiger charge is 2.14. The molecule has 0 aliphatic heterocycles. The Morgan fingerprint density at radius 1 is 1.47 bits per heavy atom. The minimum atomic E-state index is -0.972. The van der Waals surface area contributed by atoms with Crippen LogP contribution in [0.3, 0.4) is 0 Å². The van der Waals surface area contributed by atoms with E-state index in [4.69, 9.17) is 5.11 Å². The van der Waals surface area contributed by atoms with E-state index in [2.05, 4.69) is 10.3 Å². The summed E-state index contributed by atoms with van der Waals surface area (Å²) >= 11 is 1.10. The summed E-state index contributed by atoms with van der Waals surface area (Å²) in [7, 11) is 0. The molecule has 0 spiro atoms. The van der Waals surface area contributed by atoms with Crippen LogP contribution in [-0.4, -0.2) is 22.0 Å². The maximum absolute atomic E-state index is 11.4. The second kappa shape index (κ2) is 5.77. The van der Waals surface area contributed by atoms with Gasteiger partial charge in [-0.3, -0.25) is 4.79 Å². The lowest BCUT2D eigenvalue weighted by atomic mass is 10.1. The molecule has 0 aliphatic carbocycles. The fourth-order valence-corrected chi connectivity index (χ4v) is 2.19. The number of aromatic carboxylic acids is 1. The Bertz CT molecular complexity index is 426. The molecule has 5 nitrogen and oxygen atoms in total. The van der Waals surface area contributed by atoms with Crippen molar-refractivity contribution in [3.05, 3.63) is 15.6 Å². The third kappa shape index (κ3) is 4.14. The molecule has 1 aromatic heterocycles. The Kier molecular flexibility index (Phi) is 4.62. The molecule has 17 heavy (non-hydrogen) atoms. The van der Waals surface area contributed by atoms with Crippen LogP contribution in [0.5, 0.6) is 0 Å². The molecule has 1 amide bonds. The van der Waals surface area contributed by atoms with Crippen molar-refractivity contribution in [3.63, 3.8) is 0 Å². The maximum atomic E-state index is 11.4. The van der Waals surface area contributed by atoms with Crippen molar-refractivity contribution in [1.29, 1.82) is 0 Å². The second-order valence-corrected chi connectivity index (χ2v) is 5.29. The number of aromatic nitrogens is 1. The van der Waals surface area contributed by atoms with Crippen LogP contribution in [0.2, 0.25) is 0 Å². The number of hydrogen-bond acceptors (Lipinski definition) is 4. The van der Waals surface area contributed by atoms with Crippen LogP contribution in [0.4, 0.5) is 0 Å². The number of rotatable bonds is 5. The lowest BCUT2D eigenvalue weighted by Gasteiger charge is -2.04. The summed E-state index contributed by atoms with van der Waals surface area (Å²) in [6.07, 6.45) is 0.468. The van der Waals surface area contributed by atoms with E-state index in [1.54, 1.807) is 6.92 Å². The number of nitrogens with zero attached hydrogens (tertiary/aromatic N) is 1. The van der Waals surface area contributed by atoms with Gasteiger partial charge in [0.2, 0.25) is 5.91 Å². The molecule has 6 heteroatoms. The molecule has 0 saturated carbocycles. The number of thiazole rings is 1. The van der Waals surface area contributed by atoms with Gasteiger partial charge in [0.15, 0.2) is 0 Å². The fourth-order valence-electron chi connectivity index (χ4n) is 1.34. The Labute approximate surface area is 104 Å². The number of hydrogen-bond donors (Lipinski definition) is 2. The van der Waals surface area contributed by atoms with Crippen LogP contribution in [-0.2, 0) is 11.3 Å². The number of carbonyl (C=O) groups is 2. The van der Waals surface area contributed by atoms with Gasteiger partial charge < -0.3 is 10.4 Å². The molecule has 1 aromatic rings. The number of carbonyl (C=O) groups excluding carboxylic acids is 1. The average molecular weight is 256 g/mol. The van der Waals surface area contributed by atoms with E-state index in [1.807, 2.05) is 13.8 Å². The van der Waals surface area contributed by atoms with Crippen LogP contribution in [0, 0.1) is 12.8 Å². The van der Waals surface area contributed by atoms with Crippen molar-refractivity contribution in [2.45, 2.75) is 33.7 Å². The molecule has 0 bridgehead atoms. The zero-order valence-electron chi connectivity index (χ0n) is 10.1. The van der Waals surface area contributed by atoms with E-state index in [0.29, 0.717) is 29.6 Å². The van der Waals surface area contributed by atoms with Crippen LogP contribution < -0.4 is 5.32 Å². The van der Waals surface area contributed by atoms with Gasteiger partial charge in [-0.1, -0.05) is 13.8 Å². The lowest BCUT2D eigenvalue weighted by Crippen LogP contribution is -2.23. The van der Waals surface area contributed by atoms with Crippen LogP contribution in [0.25, 0.3) is 0 Å². The van der Waals surface area contributed by atoms with E-state index in [9.17, 15) is 9.59 Å². The molecule has 0 atom stereocenters. The summed E-state index contributed by atoms with van der Waals surface area (Å²) in [5.41, 5.74) is 0.496. The molecule has 0 aromatic carbocycles. The number of amides is 1. The first kappa shape index (κ1) is 13.6. The van der Waals surface area contributed by atoms with Crippen molar-refractivity contribution in [2.24, 2.45) is 5.92 Å². The average Bonchev–Trinajstić information content (AvgIpc) is 2.56. The van der Waals surface area contributed by atoms with Gasteiger partial charge in [0, 0.05) is 6.42 Å². The van der Waals surface area contributed by atoms with Crippen molar-refractivity contribution >= 4 is 23.2 Å². The maximum Gasteiger partial charge on any atom is 0.347 e. The highest BCUT2D eigenvalue weighted by molar-refractivity contribution is 7.13. The molecular formula is C11H16N2O3S. The van der Waals surface area contributed by atoms with E-state index in [1.165, 1.54) is 0 Å². The quantitative estimate of drug-likeness (QED) is 0.842. The number of nitrogens with one attached hydrogen (secondary N) is 1. The van der Waals surface area contributed by atoms with Gasteiger partial charge in [-0.05, 0) is 12.8 Å². The van der Waals surface area contributed by atoms with Crippen molar-refractivity contribution in [1.82, 2.24) is 10.3 Å². The van der Waals surface area contributed by atoms with Gasteiger partial charge in [0.25, 0.3) is 0 Å². The number of aryl methyl sites for hydroxylation is 1. The van der Waals surface area contributed by atoms with Crippen LogP contribution in [0.1, 0.15) is 40.6 Å². The third-order valence-corrected chi connectivity index (χ3v) is 3.21. The predicted molar refractivity (Wildman–Crippen MR) is 65.1 cm³/mol. The van der Waals surface area contributed by atoms with E-state index >= 15 is 0 Å². The molecule has 94 valence electrons. The molecule has 1 rings (SSSR count). The number of carboxylic acid groups (broad SMARTS) is 1. The first-order chi connectivity index (χ1) is 7.90. The van der Waals surface area contributed by atoms with Gasteiger partial charge in [-0.15, -0.1) is 11.3 Å².